The predicted molar refractivity (Wildman–Crippen MR) is 66.9 cm³/mol. The molecule has 0 bridgehead atoms. The smallest absolute Gasteiger partial charge is 0.306 e. The van der Waals surface area contributed by atoms with E-state index in [1.807, 2.05) is 4.90 Å². The van der Waals surface area contributed by atoms with Crippen LogP contribution < -0.4 is 5.73 Å². The zero-order valence-corrected chi connectivity index (χ0v) is 10.7. The fourth-order valence-electron chi connectivity index (χ4n) is 3.05. The zero-order chi connectivity index (χ0) is 13.1. The molecule has 3 N–H and O–H groups in total. The van der Waals surface area contributed by atoms with Crippen LogP contribution in [-0.2, 0) is 9.59 Å². The number of nitrogens with two attached hydrogens (primary N) is 1. The lowest BCUT2D eigenvalue weighted by atomic mass is 9.83. The molecule has 1 saturated carbocycles. The minimum Gasteiger partial charge on any atom is -0.481 e. The van der Waals surface area contributed by atoms with Gasteiger partial charge < -0.3 is 15.7 Å². The van der Waals surface area contributed by atoms with Crippen LogP contribution in [0, 0.1) is 11.8 Å². The van der Waals surface area contributed by atoms with E-state index in [-0.39, 0.29) is 23.8 Å². The molecule has 1 saturated heterocycles. The van der Waals surface area contributed by atoms with Crippen molar-refractivity contribution in [3.8, 4) is 0 Å². The van der Waals surface area contributed by atoms with Gasteiger partial charge in [0.25, 0.3) is 0 Å². The van der Waals surface area contributed by atoms with Crippen molar-refractivity contribution in [1.29, 1.82) is 0 Å². The second kappa shape index (κ2) is 5.69. The van der Waals surface area contributed by atoms with Gasteiger partial charge in [-0.15, -0.1) is 0 Å². The third-order valence-electron chi connectivity index (χ3n) is 4.29. The Kier molecular flexibility index (Phi) is 4.22. The predicted octanol–water partition coefficient (Wildman–Crippen LogP) is 0.827. The van der Waals surface area contributed by atoms with Gasteiger partial charge in [-0.05, 0) is 25.7 Å². The van der Waals surface area contributed by atoms with E-state index in [1.165, 1.54) is 0 Å². The number of hydrogen-bond donors (Lipinski definition) is 2. The first-order valence-electron chi connectivity index (χ1n) is 6.86. The molecule has 5 heteroatoms. The number of carboxylic acid groups (broad SMARTS) is 1. The lowest BCUT2D eigenvalue weighted by Crippen LogP contribution is -2.48. The maximum Gasteiger partial charge on any atom is 0.306 e. The molecule has 1 amide bonds. The van der Waals surface area contributed by atoms with Gasteiger partial charge in [0.15, 0.2) is 0 Å². The van der Waals surface area contributed by atoms with Gasteiger partial charge in [0.05, 0.1) is 11.8 Å². The molecule has 0 radical (unpaired) electrons. The third kappa shape index (κ3) is 2.83. The average Bonchev–Trinajstić information content (AvgIpc) is 2.38. The van der Waals surface area contributed by atoms with E-state index in [4.69, 9.17) is 10.8 Å². The molecule has 1 aliphatic heterocycles. The lowest BCUT2D eigenvalue weighted by Gasteiger charge is -2.36. The van der Waals surface area contributed by atoms with Gasteiger partial charge in [-0.2, -0.15) is 0 Å². The maximum absolute atomic E-state index is 12.3. The Morgan fingerprint density at radius 2 is 1.67 bits per heavy atom. The van der Waals surface area contributed by atoms with Crippen molar-refractivity contribution in [2.24, 2.45) is 17.6 Å². The fraction of sp³-hybridized carbons (Fsp3) is 0.846. The Bertz CT molecular complexity index is 324. The highest BCUT2D eigenvalue weighted by molar-refractivity contribution is 5.80. The Morgan fingerprint density at radius 1 is 1.06 bits per heavy atom. The molecule has 1 aliphatic carbocycles. The minimum absolute atomic E-state index is 0.0107. The summed E-state index contributed by atoms with van der Waals surface area (Å²) in [5, 5.41) is 8.93. The molecule has 18 heavy (non-hydrogen) atoms. The number of hydrogen-bond acceptors (Lipinski definition) is 3. The number of carbonyl (C=O) groups is 2. The molecular weight excluding hydrogens is 232 g/mol. The van der Waals surface area contributed by atoms with Crippen LogP contribution in [0.2, 0.25) is 0 Å². The molecule has 5 nitrogen and oxygen atoms in total. The van der Waals surface area contributed by atoms with Crippen LogP contribution in [0.4, 0.5) is 0 Å². The molecule has 102 valence electrons. The molecule has 2 unspecified atom stereocenters. The summed E-state index contributed by atoms with van der Waals surface area (Å²) in [4.78, 5) is 25.0. The van der Waals surface area contributed by atoms with E-state index in [0.29, 0.717) is 25.9 Å². The van der Waals surface area contributed by atoms with Crippen LogP contribution in [0.1, 0.15) is 38.5 Å². The van der Waals surface area contributed by atoms with Crippen molar-refractivity contribution in [2.75, 3.05) is 13.1 Å². The van der Waals surface area contributed by atoms with Crippen molar-refractivity contribution in [3.63, 3.8) is 0 Å². The van der Waals surface area contributed by atoms with Crippen LogP contribution in [0.15, 0.2) is 0 Å². The van der Waals surface area contributed by atoms with Crippen molar-refractivity contribution < 1.29 is 14.7 Å². The van der Waals surface area contributed by atoms with Gasteiger partial charge >= 0.3 is 5.97 Å². The van der Waals surface area contributed by atoms with Crippen molar-refractivity contribution in [1.82, 2.24) is 4.90 Å². The van der Waals surface area contributed by atoms with Crippen LogP contribution in [-0.4, -0.2) is 41.0 Å². The molecule has 2 aliphatic rings. The maximum atomic E-state index is 12.3. The second-order valence-electron chi connectivity index (χ2n) is 5.49. The Hall–Kier alpha value is -1.10. The highest BCUT2D eigenvalue weighted by Crippen LogP contribution is 2.27. The average molecular weight is 254 g/mol. The van der Waals surface area contributed by atoms with Gasteiger partial charge in [-0.25, -0.2) is 0 Å². The number of nitrogens with zero attached hydrogens (tertiary/aromatic N) is 1. The Balaban J connectivity index is 1.88. The molecule has 2 atom stereocenters. The number of aliphatic carboxylic acids is 1. The number of amides is 1. The molecule has 0 aromatic heterocycles. The minimum atomic E-state index is -0.739. The number of piperidine rings is 1. The van der Waals surface area contributed by atoms with Crippen molar-refractivity contribution in [2.45, 2.75) is 44.6 Å². The molecule has 1 heterocycles. The first kappa shape index (κ1) is 13.3. The van der Waals surface area contributed by atoms with E-state index in [9.17, 15) is 9.59 Å². The molecular formula is C13H22N2O3. The SMILES string of the molecule is NC1CCCCC1C(=O)N1CCC(C(=O)O)CC1. The summed E-state index contributed by atoms with van der Waals surface area (Å²) in [7, 11) is 0. The first-order chi connectivity index (χ1) is 8.59. The first-order valence-corrected chi connectivity index (χ1v) is 6.86. The molecule has 0 aromatic carbocycles. The molecule has 2 fully saturated rings. The second-order valence-corrected chi connectivity index (χ2v) is 5.49. The largest absolute Gasteiger partial charge is 0.481 e. The zero-order valence-electron chi connectivity index (χ0n) is 10.7. The topological polar surface area (TPSA) is 83.6 Å². The number of carbonyl (C=O) groups excluding carboxylic acids is 1. The van der Waals surface area contributed by atoms with E-state index in [0.717, 1.165) is 25.7 Å². The molecule has 2 rings (SSSR count). The van der Waals surface area contributed by atoms with E-state index in [1.54, 1.807) is 0 Å². The Labute approximate surface area is 107 Å². The van der Waals surface area contributed by atoms with E-state index in [2.05, 4.69) is 0 Å². The summed E-state index contributed by atoms with van der Waals surface area (Å²) in [5.41, 5.74) is 6.02. The normalized spacial score (nSPS) is 30.2. The lowest BCUT2D eigenvalue weighted by molar-refractivity contribution is -0.147. The summed E-state index contributed by atoms with van der Waals surface area (Å²) in [6.07, 6.45) is 5.16. The summed E-state index contributed by atoms with van der Waals surface area (Å²) in [6, 6.07) is -0.0107. The molecule has 0 aromatic rings. The Morgan fingerprint density at radius 3 is 2.22 bits per heavy atom. The van der Waals surface area contributed by atoms with Gasteiger partial charge in [0.1, 0.15) is 0 Å². The monoisotopic (exact) mass is 254 g/mol. The van der Waals surface area contributed by atoms with Gasteiger partial charge in [0.2, 0.25) is 5.91 Å². The van der Waals surface area contributed by atoms with E-state index >= 15 is 0 Å². The van der Waals surface area contributed by atoms with Crippen molar-refractivity contribution >= 4 is 11.9 Å². The summed E-state index contributed by atoms with van der Waals surface area (Å²) in [5.74, 6) is -0.920. The number of rotatable bonds is 2. The fourth-order valence-corrected chi connectivity index (χ4v) is 3.05. The summed E-state index contributed by atoms with van der Waals surface area (Å²) < 4.78 is 0. The number of carboxylic acids is 1. The summed E-state index contributed by atoms with van der Waals surface area (Å²) >= 11 is 0. The summed E-state index contributed by atoms with van der Waals surface area (Å²) in [6.45, 7) is 1.14. The van der Waals surface area contributed by atoms with Gasteiger partial charge in [0, 0.05) is 19.1 Å². The van der Waals surface area contributed by atoms with Crippen molar-refractivity contribution in [3.05, 3.63) is 0 Å². The van der Waals surface area contributed by atoms with Crippen LogP contribution in [0.5, 0.6) is 0 Å². The van der Waals surface area contributed by atoms with E-state index < -0.39 is 5.97 Å². The van der Waals surface area contributed by atoms with Crippen LogP contribution >= 0.6 is 0 Å². The van der Waals surface area contributed by atoms with Gasteiger partial charge in [-0.3, -0.25) is 9.59 Å². The quantitative estimate of drug-likeness (QED) is 0.764. The van der Waals surface area contributed by atoms with Crippen LogP contribution in [0.25, 0.3) is 0 Å². The highest BCUT2D eigenvalue weighted by Gasteiger charge is 2.34. The molecule has 0 spiro atoms. The number of likely N-dealkylation sites (tertiary alicyclic amines) is 1. The van der Waals surface area contributed by atoms with Gasteiger partial charge in [-0.1, -0.05) is 12.8 Å². The highest BCUT2D eigenvalue weighted by atomic mass is 16.4. The standard InChI is InChI=1S/C13H22N2O3/c14-11-4-2-1-3-10(11)12(16)15-7-5-9(6-8-15)13(17)18/h9-11H,1-8,14H2,(H,17,18). The van der Waals surface area contributed by atoms with Crippen LogP contribution in [0.3, 0.4) is 0 Å². The third-order valence-corrected chi connectivity index (χ3v) is 4.29.